The van der Waals surface area contributed by atoms with Crippen LogP contribution in [0.15, 0.2) is 36.4 Å². The van der Waals surface area contributed by atoms with Gasteiger partial charge in [0, 0.05) is 16.8 Å². The van der Waals surface area contributed by atoms with Crippen molar-refractivity contribution >= 4 is 47.8 Å². The minimum atomic E-state index is -3.14. The van der Waals surface area contributed by atoms with Crippen LogP contribution in [0.5, 0.6) is 0 Å². The third kappa shape index (κ3) is 7.15. The molecule has 2 aromatic rings. The SMILES string of the molecule is CCCC1CCC(C2(Br)Cc3cccc(F)c3C2(F)F)CC1.CCCC1CCC(C2Cc3cccc(F)c3C23SCCCS3)CC1.[2H][B].[HH].[HH]. The molecule has 2 radical (unpaired) electrons. The highest BCUT2D eigenvalue weighted by atomic mass is 79.9. The first-order valence-corrected chi connectivity index (χ1v) is 20.8. The molecule has 2 unspecified atom stereocenters. The van der Waals surface area contributed by atoms with Gasteiger partial charge in [-0.3, -0.25) is 0 Å². The molecule has 1 saturated heterocycles. The Morgan fingerprint density at radius 3 is 1.89 bits per heavy atom. The van der Waals surface area contributed by atoms with Crippen molar-refractivity contribution in [2.24, 2.45) is 29.6 Å². The molecule has 262 valence electrons. The summed E-state index contributed by atoms with van der Waals surface area (Å²) in [5.74, 6) is 1.49. The maximum atomic E-state index is 15.0. The van der Waals surface area contributed by atoms with Crippen molar-refractivity contribution in [1.29, 1.82) is 1.34 Å². The summed E-state index contributed by atoms with van der Waals surface area (Å²) in [5.41, 5.74) is 2.44. The van der Waals surface area contributed by atoms with E-state index in [0.717, 1.165) is 62.0 Å². The summed E-state index contributed by atoms with van der Waals surface area (Å²) in [4.78, 5) is 0. The van der Waals surface area contributed by atoms with Crippen LogP contribution >= 0.6 is 39.5 Å². The van der Waals surface area contributed by atoms with Crippen molar-refractivity contribution in [1.82, 2.24) is 0 Å². The minimum Gasteiger partial charge on any atom is -0.207 e. The summed E-state index contributed by atoms with van der Waals surface area (Å²) in [7, 11) is 3.75. The molecule has 0 aromatic heterocycles. The van der Waals surface area contributed by atoms with Crippen LogP contribution in [-0.4, -0.2) is 25.5 Å². The van der Waals surface area contributed by atoms with Crippen LogP contribution in [0, 0.1) is 41.2 Å². The Kier molecular flexibility index (Phi) is 12.1. The molecule has 47 heavy (non-hydrogen) atoms. The number of halogens is 5. The predicted molar refractivity (Wildman–Crippen MR) is 203 cm³/mol. The number of thioether (sulfide) groups is 2. The smallest absolute Gasteiger partial charge is 0.207 e. The van der Waals surface area contributed by atoms with Crippen LogP contribution in [-0.2, 0) is 22.8 Å². The van der Waals surface area contributed by atoms with Crippen molar-refractivity contribution in [3.05, 3.63) is 70.3 Å². The van der Waals surface area contributed by atoms with Gasteiger partial charge in [0.25, 0.3) is 5.92 Å². The summed E-state index contributed by atoms with van der Waals surface area (Å²) < 4.78 is 62.7. The predicted octanol–water partition coefficient (Wildman–Crippen LogP) is 12.7. The highest BCUT2D eigenvalue weighted by Crippen LogP contribution is 2.64. The fraction of sp³-hybridized carbons (Fsp3) is 0.692. The Bertz CT molecular complexity index is 1350. The second kappa shape index (κ2) is 15.7. The van der Waals surface area contributed by atoms with Crippen molar-refractivity contribution in [2.45, 2.75) is 124 Å². The van der Waals surface area contributed by atoms with Gasteiger partial charge in [-0.25, -0.2) is 8.78 Å². The van der Waals surface area contributed by atoms with Gasteiger partial charge in [-0.15, -0.1) is 23.5 Å². The molecule has 8 heteroatoms. The quantitative estimate of drug-likeness (QED) is 0.164. The Hall–Kier alpha value is -0.595. The number of alkyl halides is 3. The molecular formula is C39H56BBrF4S2. The van der Waals surface area contributed by atoms with E-state index in [4.69, 9.17) is 1.34 Å². The van der Waals surface area contributed by atoms with Gasteiger partial charge in [0.15, 0.2) is 0 Å². The van der Waals surface area contributed by atoms with E-state index in [9.17, 15) is 17.6 Å². The van der Waals surface area contributed by atoms with Crippen LogP contribution in [0.1, 0.15) is 122 Å². The molecule has 0 amide bonds. The van der Waals surface area contributed by atoms with Crippen molar-refractivity contribution in [3.63, 3.8) is 0 Å². The average molecular weight is 757 g/mol. The summed E-state index contributed by atoms with van der Waals surface area (Å²) in [5, 5.41) is 0. The second-order valence-electron chi connectivity index (χ2n) is 14.8. The Balaban J connectivity index is 0.000000249. The molecule has 0 nitrogen and oxygen atoms in total. The molecule has 4 aliphatic carbocycles. The number of hydrogen-bond donors (Lipinski definition) is 0. The van der Waals surface area contributed by atoms with Crippen LogP contribution in [0.3, 0.4) is 0 Å². The first kappa shape index (κ1) is 36.2. The van der Waals surface area contributed by atoms with Gasteiger partial charge in [-0.2, -0.15) is 8.78 Å². The largest absolute Gasteiger partial charge is 0.291 e. The zero-order chi connectivity index (χ0) is 34.5. The normalized spacial score (nSPS) is 32.2. The zero-order valence-corrected chi connectivity index (χ0v) is 31.4. The highest BCUT2D eigenvalue weighted by Gasteiger charge is 2.63. The van der Waals surface area contributed by atoms with E-state index < -0.39 is 16.1 Å². The number of rotatable bonds is 6. The minimum absolute atomic E-state index is 0. The molecule has 0 N–H and O–H groups in total. The van der Waals surface area contributed by atoms with Gasteiger partial charge >= 0.3 is 0 Å². The molecular weight excluding hydrogens is 699 g/mol. The average Bonchev–Trinajstić information content (AvgIpc) is 3.52. The summed E-state index contributed by atoms with van der Waals surface area (Å²) in [6, 6.07) is 10.1. The molecule has 0 bridgehead atoms. The van der Waals surface area contributed by atoms with E-state index in [1.807, 2.05) is 6.07 Å². The van der Waals surface area contributed by atoms with E-state index in [1.54, 1.807) is 12.1 Å². The monoisotopic (exact) mass is 755 g/mol. The molecule has 2 atom stereocenters. The van der Waals surface area contributed by atoms with Crippen molar-refractivity contribution < 1.29 is 20.4 Å². The maximum Gasteiger partial charge on any atom is 0.291 e. The Morgan fingerprint density at radius 2 is 1.34 bits per heavy atom. The Morgan fingerprint density at radius 1 is 0.809 bits per heavy atom. The lowest BCUT2D eigenvalue weighted by molar-refractivity contribution is -0.0606. The molecule has 2 saturated carbocycles. The Labute approximate surface area is 304 Å². The van der Waals surface area contributed by atoms with E-state index in [2.05, 4.69) is 67.7 Å². The second-order valence-corrected chi connectivity index (χ2v) is 19.1. The fourth-order valence-corrected chi connectivity index (χ4v) is 14.6. The lowest BCUT2D eigenvalue weighted by Gasteiger charge is -2.44. The van der Waals surface area contributed by atoms with Gasteiger partial charge in [0.2, 0.25) is 0 Å². The highest BCUT2D eigenvalue weighted by molar-refractivity contribution is 9.10. The topological polar surface area (TPSA) is 0 Å². The van der Waals surface area contributed by atoms with Gasteiger partial charge in [-0.05, 0) is 111 Å². The fourth-order valence-electron chi connectivity index (χ4n) is 9.74. The molecule has 1 heterocycles. The third-order valence-corrected chi connectivity index (χ3v) is 17.0. The number of hydrogen-bond acceptors (Lipinski definition) is 2. The maximum absolute atomic E-state index is 15.0. The summed E-state index contributed by atoms with van der Waals surface area (Å²) in [6.45, 7) is 4.48. The van der Waals surface area contributed by atoms with Crippen molar-refractivity contribution in [2.75, 3.05) is 11.5 Å². The lowest BCUT2D eigenvalue weighted by atomic mass is 9.72. The van der Waals surface area contributed by atoms with E-state index in [0.29, 0.717) is 17.4 Å². The van der Waals surface area contributed by atoms with Gasteiger partial charge in [0.1, 0.15) is 16.0 Å². The summed E-state index contributed by atoms with van der Waals surface area (Å²) in [6.07, 6.45) is 16.9. The molecule has 7 rings (SSSR count). The van der Waals surface area contributed by atoms with Crippen LogP contribution < -0.4 is 0 Å². The number of fused-ring (bicyclic) bond motifs is 3. The molecule has 1 spiro atoms. The standard InChI is InChI=1S/C21H29FS2.C18H22BrF3.BH.2H2/c1-2-5-15-8-10-16(11-9-15)18-14-17-6-3-7-19(22)20(17)21(18)23-12-4-13-24-21;1-2-4-12-7-9-14(10-8-12)17(19)11-13-5-3-6-15(20)16(13)18(17,21)22;;;/h3,6-7,15-16,18H,2,4-5,8-14H2,1H3;3,5-6,12,14H,2,4,7-11H2,1H3;3*1H/i;;1D;;. The lowest BCUT2D eigenvalue weighted by Crippen LogP contribution is -2.45. The van der Waals surface area contributed by atoms with E-state index in [-0.39, 0.29) is 30.7 Å². The van der Waals surface area contributed by atoms with Crippen LogP contribution in [0.25, 0.3) is 0 Å². The van der Waals surface area contributed by atoms with E-state index >= 15 is 0 Å². The first-order valence-electron chi connectivity index (χ1n) is 18.6. The van der Waals surface area contributed by atoms with Gasteiger partial charge < -0.3 is 0 Å². The molecule has 5 aliphatic rings. The molecule has 2 aromatic carbocycles. The van der Waals surface area contributed by atoms with E-state index in [1.165, 1.54) is 74.5 Å². The van der Waals surface area contributed by atoms with Crippen molar-refractivity contribution in [3.8, 4) is 0 Å². The van der Waals surface area contributed by atoms with Gasteiger partial charge in [0.05, 0.1) is 9.64 Å². The zero-order valence-electron chi connectivity index (χ0n) is 29.2. The van der Waals surface area contributed by atoms with Crippen LogP contribution in [0.2, 0.25) is 0 Å². The summed E-state index contributed by atoms with van der Waals surface area (Å²) >= 11 is 7.52. The van der Waals surface area contributed by atoms with Crippen LogP contribution in [0.4, 0.5) is 17.6 Å². The molecule has 1 aliphatic heterocycles. The first-order chi connectivity index (χ1) is 23.1. The molecule has 3 fully saturated rings. The number of benzene rings is 2. The third-order valence-electron chi connectivity index (χ3n) is 12.0. The van der Waals surface area contributed by atoms with Gasteiger partial charge in [-0.1, -0.05) is 105 Å².